The first-order chi connectivity index (χ1) is 8.40. The van der Waals surface area contributed by atoms with Crippen molar-refractivity contribution in [1.82, 2.24) is 4.90 Å². The van der Waals surface area contributed by atoms with Gasteiger partial charge in [0.05, 0.1) is 13.2 Å². The lowest BCUT2D eigenvalue weighted by atomic mass is 10.0. The van der Waals surface area contributed by atoms with Gasteiger partial charge in [0.1, 0.15) is 0 Å². The van der Waals surface area contributed by atoms with Crippen LogP contribution in [0.4, 0.5) is 0 Å². The Labute approximate surface area is 105 Å². The minimum atomic E-state index is 0.686. The van der Waals surface area contributed by atoms with Crippen LogP contribution >= 0.6 is 0 Å². The molecule has 0 amide bonds. The molecule has 17 heavy (non-hydrogen) atoms. The van der Waals surface area contributed by atoms with Gasteiger partial charge in [-0.05, 0) is 18.4 Å². The maximum Gasteiger partial charge on any atom is 0.0594 e. The fourth-order valence-corrected chi connectivity index (χ4v) is 2.58. The van der Waals surface area contributed by atoms with E-state index in [0.29, 0.717) is 6.04 Å². The van der Waals surface area contributed by atoms with E-state index in [4.69, 9.17) is 4.74 Å². The summed E-state index contributed by atoms with van der Waals surface area (Å²) in [6, 6.07) is 11.5. The summed E-state index contributed by atoms with van der Waals surface area (Å²) in [5.74, 6) is 0. The lowest BCUT2D eigenvalue weighted by Crippen LogP contribution is -2.44. The molecule has 1 fully saturated rings. The van der Waals surface area contributed by atoms with Crippen LogP contribution < -0.4 is 0 Å². The summed E-state index contributed by atoms with van der Waals surface area (Å²) < 4.78 is 5.44. The second-order valence-electron chi connectivity index (χ2n) is 4.78. The summed E-state index contributed by atoms with van der Waals surface area (Å²) in [6.07, 6.45) is 3.72. The first-order valence-corrected chi connectivity index (χ1v) is 6.76. The van der Waals surface area contributed by atoms with Crippen LogP contribution in [-0.4, -0.2) is 37.2 Å². The van der Waals surface area contributed by atoms with Crippen molar-refractivity contribution < 1.29 is 4.74 Å². The predicted octanol–water partition coefficient (Wildman–Crippen LogP) is 2.73. The molecule has 2 nitrogen and oxygen atoms in total. The molecule has 1 aliphatic rings. The molecule has 0 saturated carbocycles. The quantitative estimate of drug-likeness (QED) is 0.775. The van der Waals surface area contributed by atoms with Gasteiger partial charge in [0, 0.05) is 19.1 Å². The van der Waals surface area contributed by atoms with Gasteiger partial charge >= 0.3 is 0 Å². The molecule has 0 spiro atoms. The van der Waals surface area contributed by atoms with Crippen LogP contribution in [0.3, 0.4) is 0 Å². The smallest absolute Gasteiger partial charge is 0.0594 e. The van der Waals surface area contributed by atoms with Crippen LogP contribution in [0.2, 0.25) is 0 Å². The molecule has 2 heteroatoms. The van der Waals surface area contributed by atoms with Gasteiger partial charge in [-0.15, -0.1) is 0 Å². The maximum atomic E-state index is 5.44. The second kappa shape index (κ2) is 6.77. The number of hydrogen-bond donors (Lipinski definition) is 0. The molecule has 1 unspecified atom stereocenters. The second-order valence-corrected chi connectivity index (χ2v) is 4.78. The van der Waals surface area contributed by atoms with Crippen molar-refractivity contribution in [3.63, 3.8) is 0 Å². The van der Waals surface area contributed by atoms with E-state index in [1.807, 2.05) is 0 Å². The SMILES string of the molecule is CCCC(Cc1ccccc1)N1CCOCC1. The molecular weight excluding hydrogens is 210 g/mol. The summed E-state index contributed by atoms with van der Waals surface area (Å²) in [6.45, 7) is 6.26. The maximum absolute atomic E-state index is 5.44. The summed E-state index contributed by atoms with van der Waals surface area (Å²) in [5, 5.41) is 0. The number of benzene rings is 1. The largest absolute Gasteiger partial charge is 0.379 e. The highest BCUT2D eigenvalue weighted by Crippen LogP contribution is 2.15. The van der Waals surface area contributed by atoms with E-state index in [2.05, 4.69) is 42.2 Å². The fraction of sp³-hybridized carbons (Fsp3) is 0.600. The van der Waals surface area contributed by atoms with Crippen LogP contribution in [0, 0.1) is 0 Å². The third kappa shape index (κ3) is 3.83. The van der Waals surface area contributed by atoms with Crippen molar-refractivity contribution in [3.8, 4) is 0 Å². The van der Waals surface area contributed by atoms with E-state index < -0.39 is 0 Å². The predicted molar refractivity (Wildman–Crippen MR) is 71.2 cm³/mol. The lowest BCUT2D eigenvalue weighted by Gasteiger charge is -2.34. The summed E-state index contributed by atoms with van der Waals surface area (Å²) in [4.78, 5) is 2.60. The molecule has 2 rings (SSSR count). The monoisotopic (exact) mass is 233 g/mol. The zero-order chi connectivity index (χ0) is 11.9. The highest BCUT2D eigenvalue weighted by atomic mass is 16.5. The molecule has 0 aromatic heterocycles. The molecule has 1 aliphatic heterocycles. The standard InChI is InChI=1S/C15H23NO/c1-2-6-15(16-9-11-17-12-10-16)13-14-7-4-3-5-8-14/h3-5,7-8,15H,2,6,9-13H2,1H3. The minimum Gasteiger partial charge on any atom is -0.379 e. The normalized spacial score (nSPS) is 19.1. The Morgan fingerprint density at radius 2 is 1.88 bits per heavy atom. The van der Waals surface area contributed by atoms with Crippen molar-refractivity contribution >= 4 is 0 Å². The molecule has 0 radical (unpaired) electrons. The molecule has 1 aromatic carbocycles. The van der Waals surface area contributed by atoms with Crippen molar-refractivity contribution in [2.75, 3.05) is 26.3 Å². The van der Waals surface area contributed by atoms with Gasteiger partial charge < -0.3 is 4.74 Å². The van der Waals surface area contributed by atoms with E-state index in [1.54, 1.807) is 0 Å². The van der Waals surface area contributed by atoms with E-state index in [9.17, 15) is 0 Å². The van der Waals surface area contributed by atoms with Gasteiger partial charge in [-0.3, -0.25) is 4.90 Å². The van der Waals surface area contributed by atoms with E-state index >= 15 is 0 Å². The Morgan fingerprint density at radius 3 is 2.53 bits per heavy atom. The van der Waals surface area contributed by atoms with Crippen molar-refractivity contribution in [2.24, 2.45) is 0 Å². The molecule has 0 N–H and O–H groups in total. The molecule has 1 heterocycles. The molecule has 0 bridgehead atoms. The first kappa shape index (κ1) is 12.6. The van der Waals surface area contributed by atoms with E-state index in [0.717, 1.165) is 26.3 Å². The Balaban J connectivity index is 1.96. The molecule has 1 saturated heterocycles. The van der Waals surface area contributed by atoms with Crippen molar-refractivity contribution in [3.05, 3.63) is 35.9 Å². The number of morpholine rings is 1. The number of nitrogens with zero attached hydrogens (tertiary/aromatic N) is 1. The highest BCUT2D eigenvalue weighted by molar-refractivity contribution is 5.16. The summed E-state index contributed by atoms with van der Waals surface area (Å²) in [7, 11) is 0. The Kier molecular flexibility index (Phi) is 5.02. The lowest BCUT2D eigenvalue weighted by molar-refractivity contribution is 0.0147. The van der Waals surface area contributed by atoms with Gasteiger partial charge in [0.25, 0.3) is 0 Å². The molecule has 1 aromatic rings. The van der Waals surface area contributed by atoms with Gasteiger partial charge in [-0.25, -0.2) is 0 Å². The van der Waals surface area contributed by atoms with Crippen LogP contribution in [0.15, 0.2) is 30.3 Å². The average Bonchev–Trinajstić information content (AvgIpc) is 2.40. The van der Waals surface area contributed by atoms with Crippen LogP contribution in [-0.2, 0) is 11.2 Å². The van der Waals surface area contributed by atoms with Gasteiger partial charge in [-0.1, -0.05) is 43.7 Å². The van der Waals surface area contributed by atoms with Gasteiger partial charge in [-0.2, -0.15) is 0 Å². The average molecular weight is 233 g/mol. The zero-order valence-electron chi connectivity index (χ0n) is 10.8. The molecule has 94 valence electrons. The number of ether oxygens (including phenoxy) is 1. The molecule has 1 atom stereocenters. The Bertz CT molecular complexity index is 306. The van der Waals surface area contributed by atoms with Crippen molar-refractivity contribution in [2.45, 2.75) is 32.2 Å². The fourth-order valence-electron chi connectivity index (χ4n) is 2.58. The van der Waals surface area contributed by atoms with Crippen molar-refractivity contribution in [1.29, 1.82) is 0 Å². The third-order valence-electron chi connectivity index (χ3n) is 3.50. The molecule has 0 aliphatic carbocycles. The van der Waals surface area contributed by atoms with Crippen LogP contribution in [0.25, 0.3) is 0 Å². The van der Waals surface area contributed by atoms with E-state index in [-0.39, 0.29) is 0 Å². The van der Waals surface area contributed by atoms with Crippen LogP contribution in [0.5, 0.6) is 0 Å². The van der Waals surface area contributed by atoms with Crippen LogP contribution in [0.1, 0.15) is 25.3 Å². The number of hydrogen-bond acceptors (Lipinski definition) is 2. The Morgan fingerprint density at radius 1 is 1.18 bits per heavy atom. The molecular formula is C15H23NO. The highest BCUT2D eigenvalue weighted by Gasteiger charge is 2.20. The minimum absolute atomic E-state index is 0.686. The third-order valence-corrected chi connectivity index (χ3v) is 3.50. The van der Waals surface area contributed by atoms with Gasteiger partial charge in [0.2, 0.25) is 0 Å². The Hall–Kier alpha value is -0.860. The number of rotatable bonds is 5. The zero-order valence-corrected chi connectivity index (χ0v) is 10.8. The first-order valence-electron chi connectivity index (χ1n) is 6.76. The summed E-state index contributed by atoms with van der Waals surface area (Å²) >= 11 is 0. The van der Waals surface area contributed by atoms with E-state index in [1.165, 1.54) is 24.8 Å². The van der Waals surface area contributed by atoms with Gasteiger partial charge in [0.15, 0.2) is 0 Å². The summed E-state index contributed by atoms with van der Waals surface area (Å²) in [5.41, 5.74) is 1.46. The topological polar surface area (TPSA) is 12.5 Å².